The van der Waals surface area contributed by atoms with Gasteiger partial charge in [-0.25, -0.2) is 0 Å². The van der Waals surface area contributed by atoms with Crippen LogP contribution in [-0.4, -0.2) is 30.6 Å². The molecule has 5 nitrogen and oxygen atoms in total. The van der Waals surface area contributed by atoms with E-state index in [9.17, 15) is 14.3 Å². The van der Waals surface area contributed by atoms with E-state index in [1.807, 2.05) is 0 Å². The number of hydrogen-bond donors (Lipinski definition) is 2. The summed E-state index contributed by atoms with van der Waals surface area (Å²) in [6.45, 7) is 0.160. The Balaban J connectivity index is 2.57. The number of fused-ring (bicyclic) bond motifs is 1. The quantitative estimate of drug-likeness (QED) is 0.716. The van der Waals surface area contributed by atoms with Crippen molar-refractivity contribution < 1.29 is 23.8 Å². The molecule has 0 amide bonds. The number of hydrogen-bond acceptors (Lipinski definition) is 5. The van der Waals surface area contributed by atoms with Crippen molar-refractivity contribution in [1.82, 2.24) is 0 Å². The van der Waals surface area contributed by atoms with Gasteiger partial charge in [-0.15, -0.1) is 0 Å². The first-order valence-corrected chi connectivity index (χ1v) is 4.69. The third kappa shape index (κ3) is 1.57. The molecule has 0 saturated carbocycles. The predicted molar refractivity (Wildman–Crippen MR) is 52.4 cm³/mol. The molecule has 0 fully saturated rings. The lowest BCUT2D eigenvalue weighted by molar-refractivity contribution is 0.0995. The summed E-state index contributed by atoms with van der Waals surface area (Å²) in [6, 6.07) is 1.24. The molecule has 0 saturated heterocycles. The zero-order chi connectivity index (χ0) is 11.7. The first kappa shape index (κ1) is 10.7. The summed E-state index contributed by atoms with van der Waals surface area (Å²) in [5.41, 5.74) is 4.95. The van der Waals surface area contributed by atoms with Crippen LogP contribution < -0.4 is 15.2 Å². The van der Waals surface area contributed by atoms with Gasteiger partial charge in [0.05, 0.1) is 12.1 Å². The molecule has 1 heterocycles. The minimum atomic E-state index is -0.992. The van der Waals surface area contributed by atoms with Crippen LogP contribution in [0.4, 0.5) is 4.39 Å². The summed E-state index contributed by atoms with van der Waals surface area (Å²) in [6.07, 6.45) is 0. The van der Waals surface area contributed by atoms with Crippen molar-refractivity contribution in [3.63, 3.8) is 0 Å². The van der Waals surface area contributed by atoms with Crippen molar-refractivity contribution >= 4 is 5.78 Å². The average Bonchev–Trinajstić information content (AvgIpc) is 2.33. The van der Waals surface area contributed by atoms with E-state index in [-0.39, 0.29) is 36.8 Å². The molecule has 3 N–H and O–H groups in total. The highest BCUT2D eigenvalue weighted by atomic mass is 19.1. The predicted octanol–water partition coefficient (Wildman–Crippen LogP) is 0.444. The number of ether oxygens (including phenoxy) is 2. The van der Waals surface area contributed by atoms with E-state index in [1.165, 1.54) is 6.07 Å². The Morgan fingerprint density at radius 1 is 1.50 bits per heavy atom. The molecule has 1 aliphatic rings. The van der Waals surface area contributed by atoms with Crippen molar-refractivity contribution in [2.45, 2.75) is 0 Å². The number of benzene rings is 1. The van der Waals surface area contributed by atoms with E-state index in [1.54, 1.807) is 0 Å². The molecule has 0 aromatic heterocycles. The van der Waals surface area contributed by atoms with Crippen LogP contribution >= 0.6 is 0 Å². The summed E-state index contributed by atoms with van der Waals surface area (Å²) in [5, 5.41) is 9.47. The summed E-state index contributed by atoms with van der Waals surface area (Å²) in [5.74, 6) is -2.36. The number of halogens is 1. The van der Waals surface area contributed by atoms with Crippen LogP contribution in [0.25, 0.3) is 0 Å². The number of phenols is 1. The molecule has 0 aliphatic carbocycles. The van der Waals surface area contributed by atoms with Gasteiger partial charge in [-0.05, 0) is 6.07 Å². The van der Waals surface area contributed by atoms with Gasteiger partial charge in [0.1, 0.15) is 13.2 Å². The molecule has 0 bridgehead atoms. The van der Waals surface area contributed by atoms with Gasteiger partial charge in [0, 0.05) is 0 Å². The zero-order valence-corrected chi connectivity index (χ0v) is 8.33. The largest absolute Gasteiger partial charge is 0.504 e. The lowest BCUT2D eigenvalue weighted by Gasteiger charge is -2.20. The van der Waals surface area contributed by atoms with Crippen LogP contribution in [0.1, 0.15) is 10.4 Å². The number of aromatic hydroxyl groups is 1. The molecule has 1 aliphatic heterocycles. The maximum atomic E-state index is 13.6. The van der Waals surface area contributed by atoms with Crippen LogP contribution in [-0.2, 0) is 0 Å². The van der Waals surface area contributed by atoms with E-state index >= 15 is 0 Å². The highest BCUT2D eigenvalue weighted by molar-refractivity contribution is 6.00. The molecule has 2 rings (SSSR count). The van der Waals surface area contributed by atoms with Gasteiger partial charge in [0.25, 0.3) is 0 Å². The van der Waals surface area contributed by atoms with Gasteiger partial charge in [0.2, 0.25) is 11.6 Å². The maximum absolute atomic E-state index is 13.6. The fraction of sp³-hybridized carbons (Fsp3) is 0.300. The van der Waals surface area contributed by atoms with Gasteiger partial charge >= 0.3 is 0 Å². The minimum Gasteiger partial charge on any atom is -0.504 e. The van der Waals surface area contributed by atoms with Crippen molar-refractivity contribution in [3.05, 3.63) is 17.4 Å². The average molecular weight is 227 g/mol. The zero-order valence-electron chi connectivity index (χ0n) is 8.33. The fourth-order valence-corrected chi connectivity index (χ4v) is 1.46. The second-order valence-corrected chi connectivity index (χ2v) is 3.24. The van der Waals surface area contributed by atoms with Crippen molar-refractivity contribution in [3.8, 4) is 17.2 Å². The molecule has 86 valence electrons. The van der Waals surface area contributed by atoms with Gasteiger partial charge in [-0.3, -0.25) is 4.79 Å². The normalized spacial score (nSPS) is 13.6. The van der Waals surface area contributed by atoms with Crippen molar-refractivity contribution in [2.75, 3.05) is 19.8 Å². The van der Waals surface area contributed by atoms with Crippen LogP contribution in [0.3, 0.4) is 0 Å². The summed E-state index contributed by atoms with van der Waals surface area (Å²) >= 11 is 0. The van der Waals surface area contributed by atoms with E-state index in [0.29, 0.717) is 0 Å². The summed E-state index contributed by atoms with van der Waals surface area (Å²) < 4.78 is 23.7. The molecule has 16 heavy (non-hydrogen) atoms. The first-order valence-electron chi connectivity index (χ1n) is 4.69. The molecule has 0 spiro atoms. The van der Waals surface area contributed by atoms with Crippen LogP contribution in [0.2, 0.25) is 0 Å². The van der Waals surface area contributed by atoms with Crippen molar-refractivity contribution in [2.24, 2.45) is 5.73 Å². The third-order valence-electron chi connectivity index (χ3n) is 2.23. The van der Waals surface area contributed by atoms with E-state index < -0.39 is 17.3 Å². The van der Waals surface area contributed by atoms with Crippen LogP contribution in [0, 0.1) is 5.82 Å². The molecule has 6 heteroatoms. The summed E-state index contributed by atoms with van der Waals surface area (Å²) in [4.78, 5) is 11.3. The molecule has 1 aromatic carbocycles. The smallest absolute Gasteiger partial charge is 0.211 e. The Bertz CT molecular complexity index is 447. The van der Waals surface area contributed by atoms with Crippen molar-refractivity contribution in [1.29, 1.82) is 0 Å². The molecule has 0 radical (unpaired) electrons. The number of nitrogens with two attached hydrogens (primary N) is 1. The number of carbonyl (C=O) groups excluding carboxylic acids is 1. The fourth-order valence-electron chi connectivity index (χ4n) is 1.46. The summed E-state index contributed by atoms with van der Waals surface area (Å²) in [7, 11) is 0. The Labute approximate surface area is 90.6 Å². The number of carbonyl (C=O) groups is 1. The number of Topliss-reactive ketones (excluding diaryl/α,β-unsaturated/α-hetero) is 1. The molecular weight excluding hydrogens is 217 g/mol. The lowest BCUT2D eigenvalue weighted by Crippen LogP contribution is -2.19. The Morgan fingerprint density at radius 2 is 2.19 bits per heavy atom. The number of ketones is 1. The topological polar surface area (TPSA) is 81.8 Å². The third-order valence-corrected chi connectivity index (χ3v) is 2.23. The van der Waals surface area contributed by atoms with E-state index in [0.717, 1.165) is 0 Å². The Kier molecular flexibility index (Phi) is 2.66. The molecule has 0 unspecified atom stereocenters. The second kappa shape index (κ2) is 3.97. The molecule has 0 atom stereocenters. The lowest BCUT2D eigenvalue weighted by atomic mass is 10.1. The SMILES string of the molecule is NCC(=O)c1cc2c(c(F)c1O)OCCO2. The second-order valence-electron chi connectivity index (χ2n) is 3.24. The Hall–Kier alpha value is -1.82. The monoisotopic (exact) mass is 227 g/mol. The number of rotatable bonds is 2. The van der Waals surface area contributed by atoms with Crippen LogP contribution in [0.15, 0.2) is 6.07 Å². The standard InChI is InChI=1S/C10H10FNO4/c11-8-9(14)5(6(13)4-12)3-7-10(8)16-2-1-15-7/h3,14H,1-2,4,12H2. The number of phenolic OH excluding ortho intramolecular Hbond substituents is 1. The van der Waals surface area contributed by atoms with E-state index in [2.05, 4.69) is 0 Å². The van der Waals surface area contributed by atoms with Gasteiger partial charge in [-0.1, -0.05) is 0 Å². The minimum absolute atomic E-state index is 0.110. The Morgan fingerprint density at radius 3 is 2.88 bits per heavy atom. The highest BCUT2D eigenvalue weighted by Gasteiger charge is 2.25. The molecule has 1 aromatic rings. The van der Waals surface area contributed by atoms with E-state index in [4.69, 9.17) is 15.2 Å². The maximum Gasteiger partial charge on any atom is 0.211 e. The molecular formula is C10H10FNO4. The van der Waals surface area contributed by atoms with Crippen LogP contribution in [0.5, 0.6) is 17.2 Å². The first-order chi connectivity index (χ1) is 7.65. The van der Waals surface area contributed by atoms with Gasteiger partial charge in [-0.2, -0.15) is 4.39 Å². The van der Waals surface area contributed by atoms with Gasteiger partial charge in [0.15, 0.2) is 17.3 Å². The van der Waals surface area contributed by atoms with Gasteiger partial charge < -0.3 is 20.3 Å². The highest BCUT2D eigenvalue weighted by Crippen LogP contribution is 2.40.